The second-order valence-electron chi connectivity index (χ2n) is 7.38. The summed E-state index contributed by atoms with van der Waals surface area (Å²) in [6.07, 6.45) is 6.72. The minimum atomic E-state index is 0.664. The number of rotatable bonds is 7. The van der Waals surface area contributed by atoms with Gasteiger partial charge in [0, 0.05) is 28.0 Å². The van der Waals surface area contributed by atoms with Crippen LogP contribution in [0.2, 0.25) is 10.0 Å². The van der Waals surface area contributed by atoms with E-state index >= 15 is 0 Å². The lowest BCUT2D eigenvalue weighted by Gasteiger charge is -2.32. The van der Waals surface area contributed by atoms with Crippen molar-refractivity contribution in [3.8, 4) is 11.3 Å². The van der Waals surface area contributed by atoms with Crippen molar-refractivity contribution in [2.75, 3.05) is 11.4 Å². The summed E-state index contributed by atoms with van der Waals surface area (Å²) in [6.45, 7) is 5.51. The largest absolute Gasteiger partial charge is 0.345 e. The number of thiazole rings is 1. The van der Waals surface area contributed by atoms with Gasteiger partial charge in [-0.15, -0.1) is 11.3 Å². The zero-order chi connectivity index (χ0) is 17.6. The van der Waals surface area contributed by atoms with E-state index in [1.54, 1.807) is 6.07 Å². The van der Waals surface area contributed by atoms with Gasteiger partial charge in [-0.2, -0.15) is 0 Å². The highest BCUT2D eigenvalue weighted by Crippen LogP contribution is 2.49. The molecule has 2 nitrogen and oxygen atoms in total. The highest BCUT2D eigenvalue weighted by molar-refractivity contribution is 7.16. The average Bonchev–Trinajstić information content (AvgIpc) is 3.48. The molecule has 0 atom stereocenters. The number of nitrogens with zero attached hydrogens (tertiary/aromatic N) is 2. The first-order valence-electron chi connectivity index (χ1n) is 9.28. The SMILES string of the molecule is CCCN(c1nc(-c2ccc(Cl)cc2Cl)c(C)s1)C(C1CC1)C1CC1. The van der Waals surface area contributed by atoms with E-state index in [0.29, 0.717) is 16.1 Å². The highest BCUT2D eigenvalue weighted by Gasteiger charge is 2.45. The molecule has 2 aliphatic carbocycles. The molecule has 25 heavy (non-hydrogen) atoms. The fourth-order valence-corrected chi connectivity index (χ4v) is 5.31. The van der Waals surface area contributed by atoms with E-state index in [2.05, 4.69) is 18.7 Å². The Morgan fingerprint density at radius 2 is 1.88 bits per heavy atom. The molecule has 0 radical (unpaired) electrons. The number of benzene rings is 1. The van der Waals surface area contributed by atoms with Gasteiger partial charge in [0.25, 0.3) is 0 Å². The van der Waals surface area contributed by atoms with E-state index in [0.717, 1.165) is 36.1 Å². The second kappa shape index (κ2) is 7.09. The first kappa shape index (κ1) is 17.6. The molecule has 0 aliphatic heterocycles. The smallest absolute Gasteiger partial charge is 0.186 e. The van der Waals surface area contributed by atoms with Gasteiger partial charge in [0.2, 0.25) is 0 Å². The van der Waals surface area contributed by atoms with Gasteiger partial charge >= 0.3 is 0 Å². The van der Waals surface area contributed by atoms with Crippen LogP contribution >= 0.6 is 34.5 Å². The van der Waals surface area contributed by atoms with Crippen molar-refractivity contribution in [3.05, 3.63) is 33.1 Å². The highest BCUT2D eigenvalue weighted by atomic mass is 35.5. The topological polar surface area (TPSA) is 16.1 Å². The van der Waals surface area contributed by atoms with Crippen LogP contribution in [0.5, 0.6) is 0 Å². The van der Waals surface area contributed by atoms with Crippen molar-refractivity contribution >= 4 is 39.7 Å². The first-order valence-corrected chi connectivity index (χ1v) is 10.8. The summed E-state index contributed by atoms with van der Waals surface area (Å²) >= 11 is 14.3. The summed E-state index contributed by atoms with van der Waals surface area (Å²) in [5, 5.41) is 2.51. The summed E-state index contributed by atoms with van der Waals surface area (Å²) in [7, 11) is 0. The molecule has 0 amide bonds. The van der Waals surface area contributed by atoms with E-state index in [1.807, 2.05) is 23.5 Å². The van der Waals surface area contributed by atoms with Crippen LogP contribution in [0.25, 0.3) is 11.3 Å². The molecule has 5 heteroatoms. The number of anilines is 1. The predicted octanol–water partition coefficient (Wildman–Crippen LogP) is 6.83. The van der Waals surface area contributed by atoms with E-state index in [1.165, 1.54) is 35.7 Å². The molecular formula is C20H24Cl2N2S. The Balaban J connectivity index is 1.69. The molecule has 2 fully saturated rings. The number of hydrogen-bond donors (Lipinski definition) is 0. The number of halogens is 2. The maximum Gasteiger partial charge on any atom is 0.186 e. The van der Waals surface area contributed by atoms with Gasteiger partial charge in [0.05, 0.1) is 10.7 Å². The van der Waals surface area contributed by atoms with Crippen molar-refractivity contribution in [1.82, 2.24) is 4.98 Å². The zero-order valence-corrected chi connectivity index (χ0v) is 17.1. The molecule has 2 aliphatic rings. The van der Waals surface area contributed by atoms with E-state index in [-0.39, 0.29) is 0 Å². The lowest BCUT2D eigenvalue weighted by Crippen LogP contribution is -2.39. The van der Waals surface area contributed by atoms with Crippen molar-refractivity contribution in [3.63, 3.8) is 0 Å². The van der Waals surface area contributed by atoms with Crippen LogP contribution in [-0.2, 0) is 0 Å². The third-order valence-corrected chi connectivity index (χ3v) is 6.81. The van der Waals surface area contributed by atoms with Crippen LogP contribution < -0.4 is 4.90 Å². The van der Waals surface area contributed by atoms with Gasteiger partial charge in [-0.3, -0.25) is 0 Å². The number of aryl methyl sites for hydroxylation is 1. The third kappa shape index (κ3) is 3.70. The maximum atomic E-state index is 6.44. The summed E-state index contributed by atoms with van der Waals surface area (Å²) in [4.78, 5) is 8.89. The predicted molar refractivity (Wildman–Crippen MR) is 109 cm³/mol. The summed E-state index contributed by atoms with van der Waals surface area (Å²) in [5.74, 6) is 1.76. The van der Waals surface area contributed by atoms with Crippen LogP contribution in [0.15, 0.2) is 18.2 Å². The minimum Gasteiger partial charge on any atom is -0.345 e. The molecular weight excluding hydrogens is 371 g/mol. The average molecular weight is 395 g/mol. The molecule has 4 rings (SSSR count). The van der Waals surface area contributed by atoms with Crippen molar-refractivity contribution in [1.29, 1.82) is 0 Å². The van der Waals surface area contributed by atoms with Crippen molar-refractivity contribution in [2.45, 2.75) is 52.0 Å². The quantitative estimate of drug-likeness (QED) is 0.511. The summed E-state index contributed by atoms with van der Waals surface area (Å²) in [6, 6.07) is 6.37. The monoisotopic (exact) mass is 394 g/mol. The van der Waals surface area contributed by atoms with Crippen LogP contribution in [-0.4, -0.2) is 17.6 Å². The van der Waals surface area contributed by atoms with Crippen molar-refractivity contribution < 1.29 is 0 Å². The van der Waals surface area contributed by atoms with E-state index in [9.17, 15) is 0 Å². The standard InChI is InChI=1S/C20H24Cl2N2S/c1-3-10-24(19(13-4-5-13)14-6-7-14)20-23-18(12(2)25-20)16-9-8-15(21)11-17(16)22/h8-9,11,13-14,19H,3-7,10H2,1-2H3. The normalized spacial score (nSPS) is 17.3. The fourth-order valence-electron chi connectivity index (χ4n) is 3.82. The van der Waals surface area contributed by atoms with Gasteiger partial charge in [-0.25, -0.2) is 4.98 Å². The number of hydrogen-bond acceptors (Lipinski definition) is 3. The third-order valence-electron chi connectivity index (χ3n) is 5.25. The Labute approximate surface area is 164 Å². The van der Waals surface area contributed by atoms with Crippen LogP contribution in [0.1, 0.15) is 43.9 Å². The molecule has 0 N–H and O–H groups in total. The Kier molecular flexibility index (Phi) is 5.00. The van der Waals surface area contributed by atoms with Gasteiger partial charge in [0.1, 0.15) is 0 Å². The molecule has 2 aromatic rings. The van der Waals surface area contributed by atoms with E-state index in [4.69, 9.17) is 28.2 Å². The van der Waals surface area contributed by atoms with Gasteiger partial charge in [0.15, 0.2) is 5.13 Å². The fraction of sp³-hybridized carbons (Fsp3) is 0.550. The molecule has 1 aromatic carbocycles. The lowest BCUT2D eigenvalue weighted by molar-refractivity contribution is 0.476. The maximum absolute atomic E-state index is 6.44. The molecule has 2 saturated carbocycles. The lowest BCUT2D eigenvalue weighted by atomic mass is 10.1. The summed E-state index contributed by atoms with van der Waals surface area (Å²) in [5.41, 5.74) is 1.99. The van der Waals surface area contributed by atoms with Crippen LogP contribution in [0.3, 0.4) is 0 Å². The minimum absolute atomic E-state index is 0.664. The van der Waals surface area contributed by atoms with Gasteiger partial charge in [-0.1, -0.05) is 30.1 Å². The molecule has 0 unspecified atom stereocenters. The molecule has 1 aromatic heterocycles. The molecule has 1 heterocycles. The Morgan fingerprint density at radius 1 is 1.20 bits per heavy atom. The summed E-state index contributed by atoms with van der Waals surface area (Å²) < 4.78 is 0. The Bertz CT molecular complexity index is 753. The Morgan fingerprint density at radius 3 is 2.44 bits per heavy atom. The molecule has 0 spiro atoms. The van der Waals surface area contributed by atoms with Crippen LogP contribution in [0.4, 0.5) is 5.13 Å². The Hall–Kier alpha value is -0.770. The molecule has 0 saturated heterocycles. The van der Waals surface area contributed by atoms with Gasteiger partial charge < -0.3 is 4.90 Å². The second-order valence-corrected chi connectivity index (χ2v) is 9.41. The van der Waals surface area contributed by atoms with Crippen molar-refractivity contribution in [2.24, 2.45) is 11.8 Å². The first-order chi connectivity index (χ1) is 12.1. The van der Waals surface area contributed by atoms with E-state index < -0.39 is 0 Å². The zero-order valence-electron chi connectivity index (χ0n) is 14.8. The van der Waals surface area contributed by atoms with Gasteiger partial charge in [-0.05, 0) is 69.1 Å². The van der Waals surface area contributed by atoms with Crippen LogP contribution in [0, 0.1) is 18.8 Å². The molecule has 134 valence electrons. The number of aromatic nitrogens is 1. The molecule has 0 bridgehead atoms.